The summed E-state index contributed by atoms with van der Waals surface area (Å²) >= 11 is 11.2. The molecule has 4 nitrogen and oxygen atoms in total. The van der Waals surface area contributed by atoms with Gasteiger partial charge in [-0.15, -0.1) is 0 Å². The lowest BCUT2D eigenvalue weighted by Gasteiger charge is -2.05. The fourth-order valence-electron chi connectivity index (χ4n) is 0.788. The SMILES string of the molecule is C[C@@H](C#N)OC(=O)c1cnc(Cl)c(Cl)c1. The average Bonchev–Trinajstić information content (AvgIpc) is 2.21. The summed E-state index contributed by atoms with van der Waals surface area (Å²) in [6, 6.07) is 3.11. The molecule has 0 aromatic carbocycles. The number of rotatable bonds is 2. The van der Waals surface area contributed by atoms with Crippen LogP contribution in [-0.4, -0.2) is 17.1 Å². The van der Waals surface area contributed by atoms with E-state index in [-0.39, 0.29) is 15.7 Å². The lowest BCUT2D eigenvalue weighted by molar-refractivity contribution is 0.0435. The first-order chi connectivity index (χ1) is 7.04. The molecular weight excluding hydrogens is 239 g/mol. The van der Waals surface area contributed by atoms with Crippen molar-refractivity contribution in [2.75, 3.05) is 0 Å². The van der Waals surface area contributed by atoms with Gasteiger partial charge in [-0.25, -0.2) is 9.78 Å². The van der Waals surface area contributed by atoms with Crippen molar-refractivity contribution in [3.63, 3.8) is 0 Å². The van der Waals surface area contributed by atoms with E-state index in [1.807, 2.05) is 0 Å². The van der Waals surface area contributed by atoms with E-state index in [2.05, 4.69) is 4.98 Å². The van der Waals surface area contributed by atoms with Crippen LogP contribution < -0.4 is 0 Å². The maximum absolute atomic E-state index is 11.4. The second-order valence-corrected chi connectivity index (χ2v) is 3.44. The first kappa shape index (κ1) is 11.8. The lowest BCUT2D eigenvalue weighted by Crippen LogP contribution is -2.13. The van der Waals surface area contributed by atoms with Crippen LogP contribution in [-0.2, 0) is 4.74 Å². The van der Waals surface area contributed by atoms with Crippen LogP contribution in [0.2, 0.25) is 10.2 Å². The highest BCUT2D eigenvalue weighted by atomic mass is 35.5. The van der Waals surface area contributed by atoms with Crippen molar-refractivity contribution in [1.29, 1.82) is 5.26 Å². The molecule has 0 fully saturated rings. The van der Waals surface area contributed by atoms with Gasteiger partial charge in [0.05, 0.1) is 10.6 Å². The zero-order chi connectivity index (χ0) is 11.4. The number of nitriles is 1. The number of ether oxygens (including phenoxy) is 1. The van der Waals surface area contributed by atoms with Gasteiger partial charge in [-0.2, -0.15) is 5.26 Å². The van der Waals surface area contributed by atoms with Crippen molar-refractivity contribution < 1.29 is 9.53 Å². The molecule has 1 atom stereocenters. The summed E-state index contributed by atoms with van der Waals surface area (Å²) in [5.41, 5.74) is 0.159. The number of pyridine rings is 1. The second-order valence-electron chi connectivity index (χ2n) is 2.67. The highest BCUT2D eigenvalue weighted by molar-refractivity contribution is 6.41. The van der Waals surface area contributed by atoms with Crippen LogP contribution in [0.15, 0.2) is 12.3 Å². The van der Waals surface area contributed by atoms with Crippen LogP contribution in [0.1, 0.15) is 17.3 Å². The van der Waals surface area contributed by atoms with E-state index in [0.717, 1.165) is 0 Å². The van der Waals surface area contributed by atoms with E-state index < -0.39 is 12.1 Å². The Morgan fingerprint density at radius 1 is 1.67 bits per heavy atom. The predicted molar refractivity (Wildman–Crippen MR) is 54.7 cm³/mol. The van der Waals surface area contributed by atoms with Crippen molar-refractivity contribution in [2.24, 2.45) is 0 Å². The minimum absolute atomic E-state index is 0.113. The summed E-state index contributed by atoms with van der Waals surface area (Å²) in [5.74, 6) is -0.657. The number of aromatic nitrogens is 1. The van der Waals surface area contributed by atoms with Gasteiger partial charge in [-0.1, -0.05) is 23.2 Å². The summed E-state index contributed by atoms with van der Waals surface area (Å²) in [7, 11) is 0. The fraction of sp³-hybridized carbons (Fsp3) is 0.222. The van der Waals surface area contributed by atoms with Gasteiger partial charge in [-0.05, 0) is 13.0 Å². The quantitative estimate of drug-likeness (QED) is 0.593. The highest BCUT2D eigenvalue weighted by Crippen LogP contribution is 2.20. The van der Waals surface area contributed by atoms with Gasteiger partial charge in [0.25, 0.3) is 0 Å². The predicted octanol–water partition coefficient (Wildman–Crippen LogP) is 2.46. The van der Waals surface area contributed by atoms with E-state index >= 15 is 0 Å². The van der Waals surface area contributed by atoms with Crippen LogP contribution in [0.3, 0.4) is 0 Å². The number of hydrogen-bond acceptors (Lipinski definition) is 4. The Balaban J connectivity index is 2.84. The van der Waals surface area contributed by atoms with Crippen molar-refractivity contribution in [3.8, 4) is 6.07 Å². The number of esters is 1. The third-order valence-corrected chi connectivity index (χ3v) is 2.18. The lowest BCUT2D eigenvalue weighted by atomic mass is 10.3. The molecule has 0 aliphatic carbocycles. The Morgan fingerprint density at radius 2 is 2.33 bits per heavy atom. The largest absolute Gasteiger partial charge is 0.444 e. The number of halogens is 2. The van der Waals surface area contributed by atoms with E-state index in [1.165, 1.54) is 19.2 Å². The van der Waals surface area contributed by atoms with Crippen molar-refractivity contribution >= 4 is 29.2 Å². The first-order valence-corrected chi connectivity index (χ1v) is 4.72. The normalized spacial score (nSPS) is 11.6. The molecule has 6 heteroatoms. The van der Waals surface area contributed by atoms with Gasteiger partial charge >= 0.3 is 5.97 Å². The molecular formula is C9H6Cl2N2O2. The maximum Gasteiger partial charge on any atom is 0.341 e. The zero-order valence-electron chi connectivity index (χ0n) is 7.70. The molecule has 1 heterocycles. The molecule has 1 aromatic rings. The summed E-state index contributed by atoms with van der Waals surface area (Å²) in [5, 5.41) is 8.71. The molecule has 0 unspecified atom stereocenters. The van der Waals surface area contributed by atoms with Crippen LogP contribution in [0, 0.1) is 11.3 Å². The second kappa shape index (κ2) is 4.96. The summed E-state index contributed by atoms with van der Waals surface area (Å²) in [6.07, 6.45) is 0.424. The van der Waals surface area contributed by atoms with E-state index in [9.17, 15) is 4.79 Å². The molecule has 0 saturated carbocycles. The summed E-state index contributed by atoms with van der Waals surface area (Å²) < 4.78 is 4.74. The van der Waals surface area contributed by atoms with E-state index in [0.29, 0.717) is 0 Å². The minimum Gasteiger partial charge on any atom is -0.444 e. The van der Waals surface area contributed by atoms with Gasteiger partial charge in [0.15, 0.2) is 6.10 Å². The van der Waals surface area contributed by atoms with Crippen molar-refractivity contribution in [2.45, 2.75) is 13.0 Å². The molecule has 0 saturated heterocycles. The van der Waals surface area contributed by atoms with Crippen LogP contribution in [0.5, 0.6) is 0 Å². The zero-order valence-corrected chi connectivity index (χ0v) is 9.21. The molecule has 0 aliphatic heterocycles. The molecule has 0 N–H and O–H groups in total. The van der Waals surface area contributed by atoms with Gasteiger partial charge in [0.1, 0.15) is 11.2 Å². The standard InChI is InChI=1S/C9H6Cl2N2O2/c1-5(3-12)15-9(14)6-2-7(10)8(11)13-4-6/h2,4-5H,1H3/t5-/m0/s1. The summed E-state index contributed by atoms with van der Waals surface area (Å²) in [6.45, 7) is 1.46. The molecule has 0 bridgehead atoms. The molecule has 0 spiro atoms. The number of carbonyl (C=O) groups excluding carboxylic acids is 1. The van der Waals surface area contributed by atoms with Gasteiger partial charge in [0, 0.05) is 6.20 Å². The molecule has 0 aliphatic rings. The van der Waals surface area contributed by atoms with Gasteiger partial charge in [-0.3, -0.25) is 0 Å². The Morgan fingerprint density at radius 3 is 2.87 bits per heavy atom. The number of nitrogens with zero attached hydrogens (tertiary/aromatic N) is 2. The Labute approximate surface area is 96.4 Å². The van der Waals surface area contributed by atoms with Crippen molar-refractivity contribution in [1.82, 2.24) is 4.98 Å². The van der Waals surface area contributed by atoms with E-state index in [4.69, 9.17) is 33.2 Å². The smallest absolute Gasteiger partial charge is 0.341 e. The molecule has 15 heavy (non-hydrogen) atoms. The van der Waals surface area contributed by atoms with Gasteiger partial charge in [0.2, 0.25) is 0 Å². The van der Waals surface area contributed by atoms with E-state index in [1.54, 1.807) is 6.07 Å². The third kappa shape index (κ3) is 3.08. The fourth-order valence-corrected chi connectivity index (χ4v) is 1.06. The van der Waals surface area contributed by atoms with Crippen molar-refractivity contribution in [3.05, 3.63) is 28.0 Å². The number of carbonyl (C=O) groups is 1. The number of hydrogen-bond donors (Lipinski definition) is 0. The molecule has 1 aromatic heterocycles. The van der Waals surface area contributed by atoms with Crippen LogP contribution in [0.25, 0.3) is 0 Å². The van der Waals surface area contributed by atoms with Gasteiger partial charge < -0.3 is 4.74 Å². The molecule has 0 radical (unpaired) electrons. The Hall–Kier alpha value is -1.31. The summed E-state index contributed by atoms with van der Waals surface area (Å²) in [4.78, 5) is 15.0. The highest BCUT2D eigenvalue weighted by Gasteiger charge is 2.13. The van der Waals surface area contributed by atoms with Crippen LogP contribution in [0.4, 0.5) is 0 Å². The third-order valence-electron chi connectivity index (χ3n) is 1.50. The molecule has 1 rings (SSSR count). The first-order valence-electron chi connectivity index (χ1n) is 3.96. The Kier molecular flexibility index (Phi) is 3.89. The molecule has 78 valence electrons. The maximum atomic E-state index is 11.4. The average molecular weight is 245 g/mol. The van der Waals surface area contributed by atoms with Crippen LogP contribution >= 0.6 is 23.2 Å². The monoisotopic (exact) mass is 244 g/mol. The Bertz CT molecular complexity index is 429. The molecule has 0 amide bonds. The topological polar surface area (TPSA) is 63.0 Å². The minimum atomic E-state index is -0.813.